The minimum Gasteiger partial charge on any atom is -0.351 e. The molecule has 0 saturated heterocycles. The molecule has 7 heteroatoms. The lowest BCUT2D eigenvalue weighted by molar-refractivity contribution is 0.0958. The quantitative estimate of drug-likeness (QED) is 0.733. The number of hydrogen-bond acceptors (Lipinski definition) is 3. The zero-order valence-corrected chi connectivity index (χ0v) is 8.56. The van der Waals surface area contributed by atoms with Gasteiger partial charge in [-0.1, -0.05) is 11.6 Å². The number of amides is 5. The Hall–Kier alpha value is -2.08. The Labute approximate surface area is 95.0 Å². The summed E-state index contributed by atoms with van der Waals surface area (Å²) in [6.45, 7) is 0. The topological polar surface area (TPSA) is 94.6 Å². The van der Waals surface area contributed by atoms with Gasteiger partial charge in [-0.05, 0) is 18.2 Å². The Morgan fingerprint density at radius 2 is 2.06 bits per heavy atom. The summed E-state index contributed by atoms with van der Waals surface area (Å²) in [6, 6.07) is 2.15. The molecule has 2 rings (SSSR count). The molecule has 0 fully saturated rings. The van der Waals surface area contributed by atoms with Crippen LogP contribution in [0.2, 0.25) is 5.02 Å². The number of carbonyl (C=O) groups excluding carboxylic acids is 3. The van der Waals surface area contributed by atoms with Crippen LogP contribution in [-0.4, -0.2) is 18.0 Å². The van der Waals surface area contributed by atoms with Crippen molar-refractivity contribution in [1.82, 2.24) is 5.32 Å². The maximum Gasteiger partial charge on any atom is 0.359 e. The maximum atomic E-state index is 11.4. The van der Waals surface area contributed by atoms with E-state index in [2.05, 4.69) is 5.32 Å². The second kappa shape index (κ2) is 3.49. The van der Waals surface area contributed by atoms with E-state index in [0.29, 0.717) is 9.92 Å². The molecule has 1 aromatic rings. The number of nitrogens with zero attached hydrogens (tertiary/aromatic N) is 2. The van der Waals surface area contributed by atoms with Crippen molar-refractivity contribution in [3.8, 4) is 0 Å². The standard InChI is InChI=1S/C9H5ClN3O3/c10-4-1-2-6-5(3-4)7(14)12-9(16)13(6)8(11)15/h1-3H,(H2,11,15). The van der Waals surface area contributed by atoms with Crippen LogP contribution in [-0.2, 0) is 0 Å². The average Bonchev–Trinajstić information content (AvgIpc) is 2.18. The van der Waals surface area contributed by atoms with Crippen LogP contribution < -0.4 is 16.0 Å². The summed E-state index contributed by atoms with van der Waals surface area (Å²) in [5.41, 5.74) is 5.19. The van der Waals surface area contributed by atoms with Gasteiger partial charge in [0.05, 0.1) is 11.3 Å². The van der Waals surface area contributed by atoms with Crippen LogP contribution in [0.3, 0.4) is 0 Å². The van der Waals surface area contributed by atoms with Gasteiger partial charge in [0.25, 0.3) is 5.91 Å². The number of carbonyl (C=O) groups is 3. The molecular formula is C9H5ClN3O3. The van der Waals surface area contributed by atoms with E-state index in [1.165, 1.54) is 18.2 Å². The van der Waals surface area contributed by atoms with Crippen LogP contribution in [0.5, 0.6) is 0 Å². The van der Waals surface area contributed by atoms with Crippen LogP contribution >= 0.6 is 11.6 Å². The molecular weight excluding hydrogens is 234 g/mol. The minimum atomic E-state index is -0.996. The van der Waals surface area contributed by atoms with E-state index < -0.39 is 18.0 Å². The van der Waals surface area contributed by atoms with Gasteiger partial charge >= 0.3 is 12.1 Å². The van der Waals surface area contributed by atoms with Crippen LogP contribution in [0, 0.1) is 0 Å². The van der Waals surface area contributed by atoms with E-state index in [1.54, 1.807) is 0 Å². The Bertz CT molecular complexity index is 515. The van der Waals surface area contributed by atoms with Crippen LogP contribution in [0.1, 0.15) is 10.4 Å². The van der Waals surface area contributed by atoms with Crippen LogP contribution in [0.25, 0.3) is 0 Å². The van der Waals surface area contributed by atoms with Gasteiger partial charge in [-0.25, -0.2) is 14.5 Å². The molecule has 0 saturated carbocycles. The zero-order valence-electron chi connectivity index (χ0n) is 7.81. The first-order chi connectivity index (χ1) is 7.50. The predicted molar refractivity (Wildman–Crippen MR) is 55.4 cm³/mol. The molecule has 81 valence electrons. The van der Waals surface area contributed by atoms with Crippen LogP contribution in [0.15, 0.2) is 18.2 Å². The summed E-state index contributed by atoms with van der Waals surface area (Å²) in [5, 5.41) is 3.46. The molecule has 1 aliphatic heterocycles. The Morgan fingerprint density at radius 1 is 1.38 bits per heavy atom. The van der Waals surface area contributed by atoms with Gasteiger partial charge in [0.15, 0.2) is 0 Å². The first kappa shape index (κ1) is 10.4. The van der Waals surface area contributed by atoms with Crippen molar-refractivity contribution >= 4 is 35.3 Å². The normalized spacial score (nSPS) is 14.4. The van der Waals surface area contributed by atoms with Gasteiger partial charge in [-0.15, -0.1) is 0 Å². The first-order valence-electron chi connectivity index (χ1n) is 4.20. The summed E-state index contributed by atoms with van der Waals surface area (Å²) in [5.74, 6) is -0.736. The van der Waals surface area contributed by atoms with Gasteiger partial charge in [0, 0.05) is 5.02 Å². The number of imide groups is 2. The second-order valence-corrected chi connectivity index (χ2v) is 3.47. The number of anilines is 1. The molecule has 16 heavy (non-hydrogen) atoms. The van der Waals surface area contributed by atoms with E-state index in [9.17, 15) is 14.4 Å². The monoisotopic (exact) mass is 238 g/mol. The van der Waals surface area contributed by atoms with Gasteiger partial charge in [-0.3, -0.25) is 4.79 Å². The highest BCUT2D eigenvalue weighted by molar-refractivity contribution is 6.32. The summed E-state index contributed by atoms with van der Waals surface area (Å²) < 4.78 is 0. The van der Waals surface area contributed by atoms with Gasteiger partial charge < -0.3 is 5.73 Å². The Kier molecular flexibility index (Phi) is 2.28. The molecule has 6 nitrogen and oxygen atoms in total. The smallest absolute Gasteiger partial charge is 0.351 e. The molecule has 2 N–H and O–H groups in total. The Morgan fingerprint density at radius 3 is 2.69 bits per heavy atom. The summed E-state index contributed by atoms with van der Waals surface area (Å²) in [4.78, 5) is 34.4. The highest BCUT2D eigenvalue weighted by atomic mass is 35.5. The van der Waals surface area contributed by atoms with Crippen molar-refractivity contribution in [2.75, 3.05) is 4.90 Å². The highest BCUT2D eigenvalue weighted by Gasteiger charge is 2.34. The van der Waals surface area contributed by atoms with E-state index in [4.69, 9.17) is 17.3 Å². The lowest BCUT2D eigenvalue weighted by Gasteiger charge is -2.23. The third-order valence-corrected chi connectivity index (χ3v) is 2.27. The van der Waals surface area contributed by atoms with E-state index >= 15 is 0 Å². The minimum absolute atomic E-state index is 0.0749. The fourth-order valence-corrected chi connectivity index (χ4v) is 1.56. The molecule has 1 aromatic carbocycles. The number of hydrogen-bond donors (Lipinski definition) is 1. The summed E-state index contributed by atoms with van der Waals surface area (Å²) in [7, 11) is 0. The van der Waals surface area contributed by atoms with Crippen molar-refractivity contribution in [2.45, 2.75) is 0 Å². The van der Waals surface area contributed by atoms with Crippen molar-refractivity contribution in [3.63, 3.8) is 0 Å². The molecule has 1 heterocycles. The third-order valence-electron chi connectivity index (χ3n) is 2.04. The number of rotatable bonds is 0. The molecule has 0 bridgehead atoms. The summed E-state index contributed by atoms with van der Waals surface area (Å²) in [6.07, 6.45) is 0. The number of fused-ring (bicyclic) bond motifs is 1. The third kappa shape index (κ3) is 1.49. The summed E-state index contributed by atoms with van der Waals surface area (Å²) >= 11 is 5.69. The fourth-order valence-electron chi connectivity index (χ4n) is 1.39. The number of urea groups is 2. The SMILES string of the molecule is NC(=O)N1C(=O)[N]C(=O)c2cc(Cl)ccc21. The van der Waals surface area contributed by atoms with Gasteiger partial charge in [0.2, 0.25) is 0 Å². The molecule has 0 unspecified atom stereocenters. The predicted octanol–water partition coefficient (Wildman–Crippen LogP) is 1.10. The van der Waals surface area contributed by atoms with E-state index in [1.807, 2.05) is 0 Å². The van der Waals surface area contributed by atoms with Crippen LogP contribution in [0.4, 0.5) is 15.3 Å². The van der Waals surface area contributed by atoms with E-state index in [-0.39, 0.29) is 11.3 Å². The molecule has 0 atom stereocenters. The second-order valence-electron chi connectivity index (χ2n) is 3.03. The molecule has 5 amide bonds. The maximum absolute atomic E-state index is 11.4. The van der Waals surface area contributed by atoms with E-state index in [0.717, 1.165) is 0 Å². The molecule has 0 aromatic heterocycles. The van der Waals surface area contributed by atoms with Crippen molar-refractivity contribution in [1.29, 1.82) is 0 Å². The zero-order chi connectivity index (χ0) is 11.9. The first-order valence-corrected chi connectivity index (χ1v) is 4.57. The Balaban J connectivity index is 2.63. The molecule has 0 aliphatic carbocycles. The molecule has 1 radical (unpaired) electrons. The van der Waals surface area contributed by atoms with Crippen molar-refractivity contribution < 1.29 is 14.4 Å². The lowest BCUT2D eigenvalue weighted by atomic mass is 10.1. The largest absolute Gasteiger partial charge is 0.359 e. The number of nitrogens with two attached hydrogens (primary N) is 1. The highest BCUT2D eigenvalue weighted by Crippen LogP contribution is 2.27. The molecule has 0 spiro atoms. The number of halogens is 1. The van der Waals surface area contributed by atoms with Crippen molar-refractivity contribution in [2.24, 2.45) is 5.73 Å². The van der Waals surface area contributed by atoms with Crippen molar-refractivity contribution in [3.05, 3.63) is 28.8 Å². The fraction of sp³-hybridized carbons (Fsp3) is 0. The van der Waals surface area contributed by atoms with Gasteiger partial charge in [0.1, 0.15) is 0 Å². The number of primary amides is 1. The molecule has 1 aliphatic rings. The van der Waals surface area contributed by atoms with Gasteiger partial charge in [-0.2, -0.15) is 5.32 Å². The lowest BCUT2D eigenvalue weighted by Crippen LogP contribution is -2.49. The average molecular weight is 239 g/mol. The number of benzene rings is 1.